The Balaban J connectivity index is 2.00. The number of hydrogen-bond donors (Lipinski definition) is 2. The lowest BCUT2D eigenvalue weighted by Crippen LogP contribution is -2.55. The first-order chi connectivity index (χ1) is 10.1. The molecule has 1 aliphatic heterocycles. The number of thiophene rings is 1. The third-order valence-electron chi connectivity index (χ3n) is 4.19. The fourth-order valence-corrected chi connectivity index (χ4v) is 3.79. The van der Waals surface area contributed by atoms with E-state index in [9.17, 15) is 5.11 Å². The number of nitrogens with zero attached hydrogens (tertiary/aromatic N) is 1. The van der Waals surface area contributed by atoms with Gasteiger partial charge in [-0.15, -0.1) is 0 Å². The van der Waals surface area contributed by atoms with Gasteiger partial charge in [0.1, 0.15) is 5.75 Å². The molecule has 0 radical (unpaired) electrons. The van der Waals surface area contributed by atoms with Crippen LogP contribution < -0.4 is 5.32 Å². The van der Waals surface area contributed by atoms with Gasteiger partial charge in [0.05, 0.1) is 6.04 Å². The minimum atomic E-state index is 0.211. The summed E-state index contributed by atoms with van der Waals surface area (Å²) in [4.78, 5) is 2.54. The Kier molecular flexibility index (Phi) is 4.29. The fraction of sp³-hybridized carbons (Fsp3) is 0.412. The second-order valence-corrected chi connectivity index (χ2v) is 6.69. The van der Waals surface area contributed by atoms with Gasteiger partial charge < -0.3 is 10.4 Å². The number of phenols is 1. The van der Waals surface area contributed by atoms with Gasteiger partial charge in [-0.05, 0) is 53.9 Å². The molecule has 0 amide bonds. The van der Waals surface area contributed by atoms with Crippen molar-refractivity contribution in [3.8, 4) is 5.75 Å². The van der Waals surface area contributed by atoms with Gasteiger partial charge in [0.2, 0.25) is 0 Å². The molecule has 0 spiro atoms. The minimum Gasteiger partial charge on any atom is -0.508 e. The zero-order chi connectivity index (χ0) is 14.8. The highest BCUT2D eigenvalue weighted by Crippen LogP contribution is 2.34. The number of phenolic OH excluding ortho intramolecular Hbond substituents is 1. The molecule has 3 atom stereocenters. The zero-order valence-electron chi connectivity index (χ0n) is 12.5. The predicted octanol–water partition coefficient (Wildman–Crippen LogP) is 3.23. The van der Waals surface area contributed by atoms with Crippen molar-refractivity contribution in [2.75, 3.05) is 13.1 Å². The van der Waals surface area contributed by atoms with Crippen molar-refractivity contribution in [3.63, 3.8) is 0 Å². The van der Waals surface area contributed by atoms with Crippen LogP contribution in [0.25, 0.3) is 0 Å². The molecule has 21 heavy (non-hydrogen) atoms. The van der Waals surface area contributed by atoms with Gasteiger partial charge in [0.25, 0.3) is 0 Å². The molecule has 2 aromatic rings. The topological polar surface area (TPSA) is 35.5 Å². The van der Waals surface area contributed by atoms with Crippen molar-refractivity contribution >= 4 is 11.3 Å². The van der Waals surface area contributed by atoms with E-state index in [4.69, 9.17) is 0 Å². The second kappa shape index (κ2) is 6.18. The van der Waals surface area contributed by atoms with E-state index >= 15 is 0 Å². The molecule has 1 aromatic heterocycles. The maximum absolute atomic E-state index is 9.85. The molecule has 1 saturated heterocycles. The quantitative estimate of drug-likeness (QED) is 0.914. The summed E-state index contributed by atoms with van der Waals surface area (Å²) in [7, 11) is 0. The highest BCUT2D eigenvalue weighted by atomic mass is 32.1. The molecule has 1 unspecified atom stereocenters. The number of nitrogens with one attached hydrogen (secondary N) is 1. The Hall–Kier alpha value is -1.36. The van der Waals surface area contributed by atoms with Crippen molar-refractivity contribution in [2.45, 2.75) is 32.0 Å². The average molecular weight is 302 g/mol. The smallest absolute Gasteiger partial charge is 0.115 e. The number of benzene rings is 1. The van der Waals surface area contributed by atoms with Crippen LogP contribution in [-0.4, -0.2) is 35.2 Å². The molecule has 2 N–H and O–H groups in total. The molecular weight excluding hydrogens is 280 g/mol. The Morgan fingerprint density at radius 2 is 2.14 bits per heavy atom. The van der Waals surface area contributed by atoms with Crippen molar-refractivity contribution < 1.29 is 5.11 Å². The number of hydrogen-bond acceptors (Lipinski definition) is 4. The largest absolute Gasteiger partial charge is 0.508 e. The van der Waals surface area contributed by atoms with Crippen LogP contribution in [-0.2, 0) is 0 Å². The van der Waals surface area contributed by atoms with E-state index in [1.807, 2.05) is 12.1 Å². The van der Waals surface area contributed by atoms with Crippen LogP contribution in [0.1, 0.15) is 31.0 Å². The molecule has 3 nitrogen and oxygen atoms in total. The van der Waals surface area contributed by atoms with Gasteiger partial charge in [-0.3, -0.25) is 4.90 Å². The maximum atomic E-state index is 9.85. The third-order valence-corrected chi connectivity index (χ3v) is 4.89. The van der Waals surface area contributed by atoms with E-state index < -0.39 is 0 Å². The lowest BCUT2D eigenvalue weighted by atomic mass is 9.96. The molecule has 1 aliphatic rings. The summed E-state index contributed by atoms with van der Waals surface area (Å²) in [6.07, 6.45) is 0. The summed E-state index contributed by atoms with van der Waals surface area (Å²) >= 11 is 1.73. The molecule has 1 fully saturated rings. The highest BCUT2D eigenvalue weighted by Gasteiger charge is 2.31. The van der Waals surface area contributed by atoms with E-state index in [0.717, 1.165) is 18.7 Å². The molecule has 112 valence electrons. The Morgan fingerprint density at radius 1 is 1.29 bits per heavy atom. The maximum Gasteiger partial charge on any atom is 0.115 e. The van der Waals surface area contributed by atoms with Crippen LogP contribution in [0.2, 0.25) is 0 Å². The first kappa shape index (κ1) is 14.6. The second-order valence-electron chi connectivity index (χ2n) is 5.91. The molecule has 3 rings (SSSR count). The number of piperazine rings is 1. The van der Waals surface area contributed by atoms with Crippen LogP contribution in [0.3, 0.4) is 0 Å². The van der Waals surface area contributed by atoms with Crippen molar-refractivity contribution in [2.24, 2.45) is 0 Å². The van der Waals surface area contributed by atoms with Crippen LogP contribution >= 0.6 is 11.3 Å². The standard InChI is InChI=1S/C17H22N2OS/c1-12-10-19(13(2)9-18-12)17(15-6-7-21-11-15)14-4-3-5-16(20)8-14/h3-8,11-13,17-18,20H,9-10H2,1-2H3/t12-,13-,17?/m0/s1. The molecule has 0 aliphatic carbocycles. The van der Waals surface area contributed by atoms with Crippen LogP contribution in [0.15, 0.2) is 41.1 Å². The summed E-state index contributed by atoms with van der Waals surface area (Å²) in [6.45, 7) is 6.50. The van der Waals surface area contributed by atoms with Gasteiger partial charge in [-0.1, -0.05) is 12.1 Å². The van der Waals surface area contributed by atoms with Gasteiger partial charge >= 0.3 is 0 Å². The Labute approximate surface area is 130 Å². The predicted molar refractivity (Wildman–Crippen MR) is 87.9 cm³/mol. The molecular formula is C17H22N2OS. The summed E-state index contributed by atoms with van der Waals surface area (Å²) in [5.74, 6) is 0.337. The minimum absolute atomic E-state index is 0.211. The summed E-state index contributed by atoms with van der Waals surface area (Å²) < 4.78 is 0. The molecule has 4 heteroatoms. The first-order valence-electron chi connectivity index (χ1n) is 7.45. The average Bonchev–Trinajstić information content (AvgIpc) is 2.97. The zero-order valence-corrected chi connectivity index (χ0v) is 13.3. The van der Waals surface area contributed by atoms with Crippen molar-refractivity contribution in [3.05, 3.63) is 52.2 Å². The third kappa shape index (κ3) is 3.12. The lowest BCUT2D eigenvalue weighted by molar-refractivity contribution is 0.113. The van der Waals surface area contributed by atoms with Crippen LogP contribution in [0.5, 0.6) is 5.75 Å². The highest BCUT2D eigenvalue weighted by molar-refractivity contribution is 7.08. The first-order valence-corrected chi connectivity index (χ1v) is 8.39. The van der Waals surface area contributed by atoms with Crippen LogP contribution in [0.4, 0.5) is 0 Å². The Bertz CT molecular complexity index is 584. The van der Waals surface area contributed by atoms with Crippen LogP contribution in [0, 0.1) is 0 Å². The van der Waals surface area contributed by atoms with E-state index in [-0.39, 0.29) is 6.04 Å². The van der Waals surface area contributed by atoms with Crippen molar-refractivity contribution in [1.29, 1.82) is 0 Å². The molecule has 0 saturated carbocycles. The Morgan fingerprint density at radius 3 is 2.86 bits per heavy atom. The number of rotatable bonds is 3. The lowest BCUT2D eigenvalue weighted by Gasteiger charge is -2.42. The fourth-order valence-electron chi connectivity index (χ4n) is 3.11. The summed E-state index contributed by atoms with van der Waals surface area (Å²) in [5.41, 5.74) is 2.47. The summed E-state index contributed by atoms with van der Waals surface area (Å²) in [6, 6.07) is 11.0. The van der Waals surface area contributed by atoms with E-state index in [1.54, 1.807) is 17.4 Å². The monoisotopic (exact) mass is 302 g/mol. The number of aromatic hydroxyl groups is 1. The SMILES string of the molecule is C[C@H]1CN(C(c2ccsc2)c2cccc(O)c2)[C@@H](C)CN1. The van der Waals surface area contributed by atoms with E-state index in [1.165, 1.54) is 5.56 Å². The van der Waals surface area contributed by atoms with Crippen molar-refractivity contribution in [1.82, 2.24) is 10.2 Å². The van der Waals surface area contributed by atoms with Gasteiger partial charge in [0, 0.05) is 25.2 Å². The summed E-state index contributed by atoms with van der Waals surface area (Å²) in [5, 5.41) is 17.7. The van der Waals surface area contributed by atoms with E-state index in [0.29, 0.717) is 17.8 Å². The normalized spacial score (nSPS) is 24.9. The van der Waals surface area contributed by atoms with Gasteiger partial charge in [0.15, 0.2) is 0 Å². The van der Waals surface area contributed by atoms with E-state index in [2.05, 4.69) is 47.0 Å². The van der Waals surface area contributed by atoms with Gasteiger partial charge in [-0.25, -0.2) is 0 Å². The molecule has 1 aromatic carbocycles. The molecule has 0 bridgehead atoms. The van der Waals surface area contributed by atoms with Gasteiger partial charge in [-0.2, -0.15) is 11.3 Å². The molecule has 2 heterocycles.